The van der Waals surface area contributed by atoms with E-state index in [-0.39, 0.29) is 11.9 Å². The average Bonchev–Trinajstić information content (AvgIpc) is 3.00. The Bertz CT molecular complexity index is 680. The third kappa shape index (κ3) is 3.50. The van der Waals surface area contributed by atoms with E-state index in [1.54, 1.807) is 18.5 Å². The number of imidazole rings is 1. The summed E-state index contributed by atoms with van der Waals surface area (Å²) in [5.41, 5.74) is 7.66. The molecule has 0 bridgehead atoms. The van der Waals surface area contributed by atoms with E-state index in [0.717, 1.165) is 17.0 Å². The Morgan fingerprint density at radius 3 is 3.00 bits per heavy atom. The Hall–Kier alpha value is -2.58. The van der Waals surface area contributed by atoms with Crippen molar-refractivity contribution in [1.29, 1.82) is 0 Å². The second kappa shape index (κ2) is 6.73. The monoisotopic (exact) mass is 282 g/mol. The highest BCUT2D eigenvalue weighted by Crippen LogP contribution is 2.14. The minimum absolute atomic E-state index is 0.146. The van der Waals surface area contributed by atoms with Crippen molar-refractivity contribution in [2.45, 2.75) is 19.9 Å². The number of hydrogen-bond donors (Lipinski definition) is 3. The number of amides is 1. The van der Waals surface area contributed by atoms with Gasteiger partial charge in [0.25, 0.3) is 5.91 Å². The van der Waals surface area contributed by atoms with Gasteiger partial charge in [0, 0.05) is 23.5 Å². The highest BCUT2D eigenvalue weighted by Gasteiger charge is 2.15. The van der Waals surface area contributed by atoms with Gasteiger partial charge in [-0.25, -0.2) is 4.98 Å². The molecule has 2 rings (SSSR count). The number of rotatable bonds is 3. The zero-order chi connectivity index (χ0) is 15.2. The van der Waals surface area contributed by atoms with Crippen LogP contribution in [0.25, 0.3) is 0 Å². The Kier molecular flexibility index (Phi) is 4.75. The number of aromatic nitrogens is 2. The van der Waals surface area contributed by atoms with E-state index in [0.29, 0.717) is 12.1 Å². The zero-order valence-electron chi connectivity index (χ0n) is 12.1. The highest BCUT2D eigenvalue weighted by atomic mass is 16.1. The molecule has 0 aliphatic carbocycles. The Labute approximate surface area is 124 Å². The molecule has 1 heterocycles. The minimum Gasteiger partial charge on any atom is -0.347 e. The Balaban J connectivity index is 2.19. The molecule has 21 heavy (non-hydrogen) atoms. The van der Waals surface area contributed by atoms with Gasteiger partial charge in [-0.1, -0.05) is 17.9 Å². The molecule has 4 N–H and O–H groups in total. The minimum atomic E-state index is -0.189. The average molecular weight is 282 g/mol. The fourth-order valence-corrected chi connectivity index (χ4v) is 2.02. The van der Waals surface area contributed by atoms with E-state index in [9.17, 15) is 4.79 Å². The first-order valence-electron chi connectivity index (χ1n) is 6.72. The van der Waals surface area contributed by atoms with Crippen molar-refractivity contribution >= 4 is 5.91 Å². The third-order valence-corrected chi connectivity index (χ3v) is 3.18. The molecule has 1 aromatic carbocycles. The second-order valence-electron chi connectivity index (χ2n) is 4.65. The summed E-state index contributed by atoms with van der Waals surface area (Å²) in [5.74, 6) is 6.36. The molecule has 1 aromatic heterocycles. The molecule has 108 valence electrons. The van der Waals surface area contributed by atoms with Crippen LogP contribution in [-0.2, 0) is 0 Å². The van der Waals surface area contributed by atoms with Gasteiger partial charge >= 0.3 is 0 Å². The Morgan fingerprint density at radius 1 is 1.52 bits per heavy atom. The summed E-state index contributed by atoms with van der Waals surface area (Å²) in [5, 5.41) is 2.92. The lowest BCUT2D eigenvalue weighted by Gasteiger charge is -2.13. The molecule has 0 spiro atoms. The number of aromatic amines is 1. The number of carbonyl (C=O) groups excluding carboxylic acids is 1. The number of benzene rings is 1. The van der Waals surface area contributed by atoms with Gasteiger partial charge < -0.3 is 16.0 Å². The first kappa shape index (κ1) is 14.8. The van der Waals surface area contributed by atoms with Crippen LogP contribution in [0.15, 0.2) is 30.6 Å². The zero-order valence-corrected chi connectivity index (χ0v) is 12.1. The van der Waals surface area contributed by atoms with E-state index in [4.69, 9.17) is 5.73 Å². The molecule has 5 nitrogen and oxygen atoms in total. The van der Waals surface area contributed by atoms with Gasteiger partial charge in [0.05, 0.1) is 12.6 Å². The van der Waals surface area contributed by atoms with Crippen molar-refractivity contribution in [2.24, 2.45) is 5.73 Å². The predicted octanol–water partition coefficient (Wildman–Crippen LogP) is 1.52. The molecule has 1 amide bonds. The maximum absolute atomic E-state index is 12.4. The third-order valence-electron chi connectivity index (χ3n) is 3.18. The van der Waals surface area contributed by atoms with Crippen molar-refractivity contribution in [3.63, 3.8) is 0 Å². The molecule has 0 aliphatic rings. The van der Waals surface area contributed by atoms with Gasteiger partial charge in [-0.3, -0.25) is 4.79 Å². The maximum Gasteiger partial charge on any atom is 0.252 e. The molecule has 5 heteroatoms. The van der Waals surface area contributed by atoms with E-state index < -0.39 is 0 Å². The summed E-state index contributed by atoms with van der Waals surface area (Å²) >= 11 is 0. The Morgan fingerprint density at radius 2 is 2.33 bits per heavy atom. The number of carbonyl (C=O) groups is 1. The number of nitrogens with two attached hydrogens (primary N) is 1. The molecule has 0 saturated heterocycles. The van der Waals surface area contributed by atoms with Crippen LogP contribution in [0.4, 0.5) is 0 Å². The van der Waals surface area contributed by atoms with Crippen molar-refractivity contribution in [2.75, 3.05) is 6.54 Å². The molecule has 0 radical (unpaired) electrons. The van der Waals surface area contributed by atoms with Crippen LogP contribution in [0.2, 0.25) is 0 Å². The predicted molar refractivity (Wildman–Crippen MR) is 81.6 cm³/mol. The normalized spacial score (nSPS) is 11.4. The fraction of sp³-hybridized carbons (Fsp3) is 0.250. The van der Waals surface area contributed by atoms with Crippen LogP contribution in [0.5, 0.6) is 0 Å². The van der Waals surface area contributed by atoms with Crippen molar-refractivity contribution in [3.05, 3.63) is 53.1 Å². The van der Waals surface area contributed by atoms with Gasteiger partial charge in [0.2, 0.25) is 0 Å². The number of H-pyrrole nitrogens is 1. The molecule has 0 saturated carbocycles. The lowest BCUT2D eigenvalue weighted by molar-refractivity contribution is 0.0938. The molecule has 2 aromatic rings. The quantitative estimate of drug-likeness (QED) is 0.746. The summed E-state index contributed by atoms with van der Waals surface area (Å²) < 4.78 is 0. The van der Waals surface area contributed by atoms with Crippen LogP contribution in [0.1, 0.15) is 40.3 Å². The largest absolute Gasteiger partial charge is 0.347 e. The first-order chi connectivity index (χ1) is 10.1. The summed E-state index contributed by atoms with van der Waals surface area (Å²) in [6, 6.07) is 5.29. The van der Waals surface area contributed by atoms with Crippen molar-refractivity contribution in [1.82, 2.24) is 15.3 Å². The first-order valence-corrected chi connectivity index (χ1v) is 6.72. The van der Waals surface area contributed by atoms with Gasteiger partial charge in [0.15, 0.2) is 0 Å². The SMILES string of the molecule is Cc1c(C#CCN)cccc1C(=O)NC(C)c1ncc[nH]1. The van der Waals surface area contributed by atoms with E-state index in [1.165, 1.54) is 0 Å². The number of nitrogens with one attached hydrogen (secondary N) is 2. The molecule has 1 unspecified atom stereocenters. The van der Waals surface area contributed by atoms with Crippen LogP contribution < -0.4 is 11.1 Å². The topological polar surface area (TPSA) is 83.8 Å². The summed E-state index contributed by atoms with van der Waals surface area (Å²) in [6.07, 6.45) is 3.39. The van der Waals surface area contributed by atoms with Gasteiger partial charge in [-0.15, -0.1) is 0 Å². The summed E-state index contributed by atoms with van der Waals surface area (Å²) in [6.45, 7) is 4.06. The maximum atomic E-state index is 12.4. The van der Waals surface area contributed by atoms with Crippen molar-refractivity contribution < 1.29 is 4.79 Å². The van der Waals surface area contributed by atoms with E-state index in [1.807, 2.05) is 26.0 Å². The lowest BCUT2D eigenvalue weighted by atomic mass is 10.0. The summed E-state index contributed by atoms with van der Waals surface area (Å²) in [4.78, 5) is 19.5. The second-order valence-corrected chi connectivity index (χ2v) is 4.65. The van der Waals surface area contributed by atoms with Crippen LogP contribution in [-0.4, -0.2) is 22.4 Å². The van der Waals surface area contributed by atoms with Crippen LogP contribution in [0.3, 0.4) is 0 Å². The lowest BCUT2D eigenvalue weighted by Crippen LogP contribution is -2.28. The van der Waals surface area contributed by atoms with E-state index >= 15 is 0 Å². The van der Waals surface area contributed by atoms with Crippen LogP contribution in [0, 0.1) is 18.8 Å². The molecule has 0 fully saturated rings. The van der Waals surface area contributed by atoms with Gasteiger partial charge in [-0.05, 0) is 31.5 Å². The summed E-state index contributed by atoms with van der Waals surface area (Å²) in [7, 11) is 0. The molecule has 0 aliphatic heterocycles. The molecular formula is C16H18N4O. The standard InChI is InChI=1S/C16H18N4O/c1-11-13(6-4-8-17)5-3-7-14(11)16(21)20-12(2)15-18-9-10-19-15/h3,5,7,9-10,12H,8,17H2,1-2H3,(H,18,19)(H,20,21). The van der Waals surface area contributed by atoms with Gasteiger partial charge in [0.1, 0.15) is 5.82 Å². The van der Waals surface area contributed by atoms with Crippen LogP contribution >= 0.6 is 0 Å². The fourth-order valence-electron chi connectivity index (χ4n) is 2.02. The van der Waals surface area contributed by atoms with Gasteiger partial charge in [-0.2, -0.15) is 0 Å². The molecule has 1 atom stereocenters. The number of nitrogens with zero attached hydrogens (tertiary/aromatic N) is 1. The number of hydrogen-bond acceptors (Lipinski definition) is 3. The van der Waals surface area contributed by atoms with E-state index in [2.05, 4.69) is 27.1 Å². The highest BCUT2D eigenvalue weighted by molar-refractivity contribution is 5.96. The van der Waals surface area contributed by atoms with Crippen molar-refractivity contribution in [3.8, 4) is 11.8 Å². The molecular weight excluding hydrogens is 264 g/mol. The smallest absolute Gasteiger partial charge is 0.252 e.